The molecular formula is C9H8O2. The van der Waals surface area contributed by atoms with E-state index in [2.05, 4.69) is 0 Å². The Morgan fingerprint density at radius 1 is 1.27 bits per heavy atom. The molecule has 0 saturated heterocycles. The number of carboxylic acid groups (broad SMARTS) is 1. The highest BCUT2D eigenvalue weighted by molar-refractivity contribution is 5.85. The van der Waals surface area contributed by atoms with Crippen LogP contribution in [-0.2, 0) is 4.79 Å². The maximum atomic E-state index is 10.1. The Morgan fingerprint density at radius 3 is 2.45 bits per heavy atom. The van der Waals surface area contributed by atoms with Crippen molar-refractivity contribution in [2.45, 2.75) is 0 Å². The van der Waals surface area contributed by atoms with Gasteiger partial charge in [-0.1, -0.05) is 30.3 Å². The second-order valence-corrected chi connectivity index (χ2v) is 2.08. The molecule has 0 aliphatic heterocycles. The van der Waals surface area contributed by atoms with Crippen LogP contribution in [0.5, 0.6) is 0 Å². The van der Waals surface area contributed by atoms with E-state index in [0.29, 0.717) is 0 Å². The zero-order valence-electron chi connectivity index (χ0n) is 5.90. The number of hydrogen-bond acceptors (Lipinski definition) is 1. The molecule has 2 heteroatoms. The SMILES string of the molecule is O=C(O)/C=[13CH]/c1ccccc1. The zero-order valence-corrected chi connectivity index (χ0v) is 5.90. The number of carbonyl (C=O) groups is 1. The molecule has 0 saturated carbocycles. The third kappa shape index (κ3) is 2.67. The molecule has 1 aromatic carbocycles. The average molecular weight is 149 g/mol. The lowest BCUT2D eigenvalue weighted by molar-refractivity contribution is -0.131. The first kappa shape index (κ1) is 7.54. The molecule has 1 rings (SSSR count). The predicted octanol–water partition coefficient (Wildman–Crippen LogP) is 1.78. The van der Waals surface area contributed by atoms with Crippen molar-refractivity contribution in [3.05, 3.63) is 42.0 Å². The van der Waals surface area contributed by atoms with Gasteiger partial charge < -0.3 is 5.11 Å². The van der Waals surface area contributed by atoms with Crippen LogP contribution in [0.1, 0.15) is 5.56 Å². The summed E-state index contributed by atoms with van der Waals surface area (Å²) in [4.78, 5) is 10.1. The van der Waals surface area contributed by atoms with Crippen molar-refractivity contribution in [1.82, 2.24) is 0 Å². The highest BCUT2D eigenvalue weighted by Gasteiger charge is 1.85. The highest BCUT2D eigenvalue weighted by Crippen LogP contribution is 1.99. The Hall–Kier alpha value is -1.57. The quantitative estimate of drug-likeness (QED) is 0.514. The Bertz CT molecular complexity index is 262. The number of hydrogen-bond donors (Lipinski definition) is 1. The summed E-state index contributed by atoms with van der Waals surface area (Å²) in [6.45, 7) is 0. The van der Waals surface area contributed by atoms with Gasteiger partial charge in [-0.15, -0.1) is 0 Å². The summed E-state index contributed by atoms with van der Waals surface area (Å²) in [6.07, 6.45) is 2.68. The standard InChI is InChI=1S/C9H8O2/c10-9(11)7-6-8-4-2-1-3-5-8/h1-7H,(H,10,11)/b7-6+/i6+1. The minimum atomic E-state index is -0.922. The van der Waals surface area contributed by atoms with Gasteiger partial charge in [-0.05, 0) is 11.6 Å². The topological polar surface area (TPSA) is 37.3 Å². The maximum absolute atomic E-state index is 10.1. The molecule has 0 aromatic heterocycles. The molecule has 11 heavy (non-hydrogen) atoms. The molecule has 1 aromatic rings. The van der Waals surface area contributed by atoms with Crippen LogP contribution >= 0.6 is 0 Å². The van der Waals surface area contributed by atoms with Gasteiger partial charge in [0.05, 0.1) is 0 Å². The van der Waals surface area contributed by atoms with E-state index >= 15 is 0 Å². The molecule has 1 N–H and O–H groups in total. The van der Waals surface area contributed by atoms with Gasteiger partial charge >= 0.3 is 5.97 Å². The lowest BCUT2D eigenvalue weighted by Crippen LogP contribution is -1.85. The monoisotopic (exact) mass is 149 g/mol. The fourth-order valence-electron chi connectivity index (χ4n) is 0.732. The van der Waals surface area contributed by atoms with Crippen molar-refractivity contribution >= 4 is 12.0 Å². The Labute approximate surface area is 64.8 Å². The molecule has 0 fully saturated rings. The second-order valence-electron chi connectivity index (χ2n) is 2.08. The molecule has 2 nitrogen and oxygen atoms in total. The molecule has 0 aliphatic rings. The Kier molecular flexibility index (Phi) is 2.44. The van der Waals surface area contributed by atoms with Crippen molar-refractivity contribution in [2.24, 2.45) is 0 Å². The lowest BCUT2D eigenvalue weighted by Gasteiger charge is -1.87. The number of rotatable bonds is 2. The van der Waals surface area contributed by atoms with Crippen molar-refractivity contribution < 1.29 is 9.90 Å². The third-order valence-corrected chi connectivity index (χ3v) is 1.22. The molecule has 56 valence electrons. The van der Waals surface area contributed by atoms with Crippen molar-refractivity contribution in [1.29, 1.82) is 0 Å². The van der Waals surface area contributed by atoms with Gasteiger partial charge in [-0.25, -0.2) is 4.79 Å². The highest BCUT2D eigenvalue weighted by atomic mass is 16.4. The van der Waals surface area contributed by atoms with Gasteiger partial charge in [0.15, 0.2) is 0 Å². The van der Waals surface area contributed by atoms with E-state index in [0.717, 1.165) is 11.6 Å². The minimum Gasteiger partial charge on any atom is -0.478 e. The summed E-state index contributed by atoms with van der Waals surface area (Å²) in [7, 11) is 0. The summed E-state index contributed by atoms with van der Waals surface area (Å²) in [6, 6.07) is 9.31. The summed E-state index contributed by atoms with van der Waals surface area (Å²) in [5.41, 5.74) is 0.898. The minimum absolute atomic E-state index is 0.898. The Morgan fingerprint density at radius 2 is 1.91 bits per heavy atom. The molecule has 0 atom stereocenters. The molecule has 0 radical (unpaired) electrons. The van der Waals surface area contributed by atoms with Crippen LogP contribution in [0, 0.1) is 0 Å². The van der Waals surface area contributed by atoms with E-state index in [1.54, 1.807) is 6.08 Å². The molecule has 0 unspecified atom stereocenters. The van der Waals surface area contributed by atoms with E-state index < -0.39 is 5.97 Å². The van der Waals surface area contributed by atoms with E-state index in [-0.39, 0.29) is 0 Å². The molecule has 0 aliphatic carbocycles. The van der Waals surface area contributed by atoms with E-state index in [1.165, 1.54) is 0 Å². The van der Waals surface area contributed by atoms with Crippen LogP contribution in [0.2, 0.25) is 0 Å². The zero-order chi connectivity index (χ0) is 8.10. The summed E-state index contributed by atoms with van der Waals surface area (Å²) in [5.74, 6) is -0.922. The number of carboxylic acids is 1. The van der Waals surface area contributed by atoms with Gasteiger partial charge in [-0.3, -0.25) is 0 Å². The van der Waals surface area contributed by atoms with Crippen molar-refractivity contribution in [2.75, 3.05) is 0 Å². The molecule has 0 heterocycles. The molecule has 0 amide bonds. The van der Waals surface area contributed by atoms with Crippen LogP contribution < -0.4 is 0 Å². The molecular weight excluding hydrogens is 141 g/mol. The van der Waals surface area contributed by atoms with Gasteiger partial charge in [-0.2, -0.15) is 0 Å². The first-order valence-corrected chi connectivity index (χ1v) is 3.25. The van der Waals surface area contributed by atoms with Crippen LogP contribution in [0.15, 0.2) is 36.4 Å². The smallest absolute Gasteiger partial charge is 0.328 e. The van der Waals surface area contributed by atoms with Crippen LogP contribution in [-0.4, -0.2) is 11.1 Å². The van der Waals surface area contributed by atoms with Crippen LogP contribution in [0.4, 0.5) is 0 Å². The van der Waals surface area contributed by atoms with Crippen molar-refractivity contribution in [3.63, 3.8) is 0 Å². The molecule has 0 bridgehead atoms. The summed E-state index contributed by atoms with van der Waals surface area (Å²) >= 11 is 0. The number of benzene rings is 1. The van der Waals surface area contributed by atoms with E-state index in [9.17, 15) is 4.79 Å². The average Bonchev–Trinajstić information content (AvgIpc) is 2.03. The van der Waals surface area contributed by atoms with Gasteiger partial charge in [0, 0.05) is 6.08 Å². The summed E-state index contributed by atoms with van der Waals surface area (Å²) in [5, 5.41) is 8.29. The predicted molar refractivity (Wildman–Crippen MR) is 43.1 cm³/mol. The van der Waals surface area contributed by atoms with Crippen LogP contribution in [0.3, 0.4) is 0 Å². The fraction of sp³-hybridized carbons (Fsp3) is 0. The first-order chi connectivity index (χ1) is 5.29. The lowest BCUT2D eigenvalue weighted by atomic mass is 10.3. The normalized spacial score (nSPS) is 10.2. The number of aliphatic carboxylic acids is 1. The fourth-order valence-corrected chi connectivity index (χ4v) is 0.732. The second kappa shape index (κ2) is 3.56. The van der Waals surface area contributed by atoms with E-state index in [4.69, 9.17) is 5.11 Å². The van der Waals surface area contributed by atoms with Gasteiger partial charge in [0.2, 0.25) is 0 Å². The first-order valence-electron chi connectivity index (χ1n) is 3.25. The maximum Gasteiger partial charge on any atom is 0.328 e. The van der Waals surface area contributed by atoms with E-state index in [1.807, 2.05) is 30.3 Å². The molecule has 0 spiro atoms. The Balaban J connectivity index is 2.72. The summed E-state index contributed by atoms with van der Waals surface area (Å²) < 4.78 is 0. The van der Waals surface area contributed by atoms with Gasteiger partial charge in [0.1, 0.15) is 0 Å². The van der Waals surface area contributed by atoms with Gasteiger partial charge in [0.25, 0.3) is 0 Å². The van der Waals surface area contributed by atoms with Crippen molar-refractivity contribution in [3.8, 4) is 0 Å². The largest absolute Gasteiger partial charge is 0.478 e. The third-order valence-electron chi connectivity index (χ3n) is 1.22. The van der Waals surface area contributed by atoms with Crippen LogP contribution in [0.25, 0.3) is 6.08 Å².